The molecule has 7 nitrogen and oxygen atoms in total. The van der Waals surface area contributed by atoms with Crippen LogP contribution in [0.1, 0.15) is 29.6 Å². The highest BCUT2D eigenvalue weighted by molar-refractivity contribution is 5.95. The van der Waals surface area contributed by atoms with Gasteiger partial charge in [0.15, 0.2) is 5.75 Å². The van der Waals surface area contributed by atoms with Gasteiger partial charge >= 0.3 is 5.69 Å². The third kappa shape index (κ3) is 3.91. The van der Waals surface area contributed by atoms with Gasteiger partial charge in [-0.15, -0.1) is 0 Å². The second-order valence-electron chi connectivity index (χ2n) is 5.00. The molecule has 0 bridgehead atoms. The topological polar surface area (TPSA) is 93.5 Å². The Hall–Kier alpha value is -2.15. The summed E-state index contributed by atoms with van der Waals surface area (Å²) in [5, 5.41) is 17.2. The van der Waals surface area contributed by atoms with Crippen LogP contribution < -0.4 is 15.4 Å². The van der Waals surface area contributed by atoms with Gasteiger partial charge in [-0.05, 0) is 44.5 Å². The molecule has 1 aliphatic rings. The van der Waals surface area contributed by atoms with Crippen molar-refractivity contribution < 1.29 is 14.5 Å². The third-order valence-electron chi connectivity index (χ3n) is 3.55. The van der Waals surface area contributed by atoms with Crippen LogP contribution in [0, 0.1) is 10.1 Å². The molecule has 0 spiro atoms. The van der Waals surface area contributed by atoms with Gasteiger partial charge in [-0.2, -0.15) is 0 Å². The lowest BCUT2D eigenvalue weighted by atomic mass is 10.1. The predicted molar refractivity (Wildman–Crippen MR) is 77.6 cm³/mol. The van der Waals surface area contributed by atoms with Crippen LogP contribution in [0.5, 0.6) is 5.75 Å². The van der Waals surface area contributed by atoms with E-state index in [1.54, 1.807) is 0 Å². The number of nitrogens with zero attached hydrogens (tertiary/aromatic N) is 1. The molecule has 0 radical (unpaired) electrons. The van der Waals surface area contributed by atoms with Crippen molar-refractivity contribution in [1.29, 1.82) is 0 Å². The Kier molecular flexibility index (Phi) is 5.10. The van der Waals surface area contributed by atoms with Crippen LogP contribution in [0.25, 0.3) is 0 Å². The molecule has 1 atom stereocenters. The molecule has 1 fully saturated rings. The molecule has 1 unspecified atom stereocenters. The van der Waals surface area contributed by atoms with Crippen LogP contribution in [-0.2, 0) is 0 Å². The fourth-order valence-electron chi connectivity index (χ4n) is 2.41. The Morgan fingerprint density at radius 3 is 2.95 bits per heavy atom. The second kappa shape index (κ2) is 7.03. The van der Waals surface area contributed by atoms with Crippen molar-refractivity contribution in [3.8, 4) is 5.75 Å². The summed E-state index contributed by atoms with van der Waals surface area (Å²) in [4.78, 5) is 22.6. The molecule has 1 heterocycles. The number of nitro benzene ring substituents is 1. The molecule has 1 aromatic rings. The standard InChI is InChI=1S/C14H19N3O4/c1-21-13-5-4-10(9-12(13)17(19)20)14(18)16-11-3-2-7-15-8-6-11/h4-5,9,11,15H,2-3,6-8H2,1H3,(H,16,18). The van der Waals surface area contributed by atoms with Crippen LogP contribution in [-0.4, -0.2) is 37.1 Å². The normalized spacial score (nSPS) is 18.6. The van der Waals surface area contributed by atoms with Crippen molar-refractivity contribution in [2.24, 2.45) is 0 Å². The minimum absolute atomic E-state index is 0.105. The molecule has 1 aliphatic heterocycles. The van der Waals surface area contributed by atoms with Crippen molar-refractivity contribution in [3.05, 3.63) is 33.9 Å². The lowest BCUT2D eigenvalue weighted by molar-refractivity contribution is -0.385. The molecular weight excluding hydrogens is 274 g/mol. The van der Waals surface area contributed by atoms with Gasteiger partial charge in [-0.25, -0.2) is 0 Å². The average Bonchev–Trinajstić information content (AvgIpc) is 2.75. The molecule has 7 heteroatoms. The first kappa shape index (κ1) is 15.2. The van der Waals surface area contributed by atoms with E-state index in [9.17, 15) is 14.9 Å². The van der Waals surface area contributed by atoms with Crippen molar-refractivity contribution in [2.75, 3.05) is 20.2 Å². The first-order valence-electron chi connectivity index (χ1n) is 6.96. The minimum atomic E-state index is -0.550. The predicted octanol–water partition coefficient (Wildman–Crippen LogP) is 1.48. The molecule has 1 amide bonds. The van der Waals surface area contributed by atoms with E-state index in [1.807, 2.05) is 0 Å². The highest BCUT2D eigenvalue weighted by Crippen LogP contribution is 2.27. The summed E-state index contributed by atoms with van der Waals surface area (Å²) in [7, 11) is 1.36. The number of methoxy groups -OCH3 is 1. The Morgan fingerprint density at radius 1 is 1.43 bits per heavy atom. The van der Waals surface area contributed by atoms with Gasteiger partial charge in [-0.1, -0.05) is 0 Å². The summed E-state index contributed by atoms with van der Waals surface area (Å²) in [6, 6.07) is 4.34. The Bertz CT molecular complexity index is 525. The molecule has 0 aliphatic carbocycles. The highest BCUT2D eigenvalue weighted by Gasteiger charge is 2.20. The van der Waals surface area contributed by atoms with E-state index in [2.05, 4.69) is 10.6 Å². The Balaban J connectivity index is 2.11. The largest absolute Gasteiger partial charge is 0.490 e. The number of rotatable bonds is 4. The molecule has 1 aromatic carbocycles. The van der Waals surface area contributed by atoms with E-state index < -0.39 is 4.92 Å². The Labute approximate surface area is 122 Å². The molecular formula is C14H19N3O4. The van der Waals surface area contributed by atoms with E-state index in [1.165, 1.54) is 25.3 Å². The van der Waals surface area contributed by atoms with Crippen LogP contribution in [0.15, 0.2) is 18.2 Å². The maximum Gasteiger partial charge on any atom is 0.311 e. The quantitative estimate of drug-likeness (QED) is 0.647. The number of nitrogens with one attached hydrogen (secondary N) is 2. The molecule has 2 rings (SSSR count). The molecule has 1 saturated heterocycles. The highest BCUT2D eigenvalue weighted by atomic mass is 16.6. The van der Waals surface area contributed by atoms with Gasteiger partial charge in [0.1, 0.15) is 0 Å². The van der Waals surface area contributed by atoms with Crippen LogP contribution in [0.4, 0.5) is 5.69 Å². The number of ether oxygens (including phenoxy) is 1. The maximum atomic E-state index is 12.2. The second-order valence-corrected chi connectivity index (χ2v) is 5.00. The molecule has 0 aromatic heterocycles. The number of amides is 1. The zero-order chi connectivity index (χ0) is 15.2. The zero-order valence-corrected chi connectivity index (χ0v) is 11.9. The smallest absolute Gasteiger partial charge is 0.311 e. The first-order valence-corrected chi connectivity index (χ1v) is 6.96. The number of carbonyl (C=O) groups excluding carboxylic acids is 1. The SMILES string of the molecule is COc1ccc(C(=O)NC2CCCNCC2)cc1[N+](=O)[O-]. The lowest BCUT2D eigenvalue weighted by Crippen LogP contribution is -2.35. The van der Waals surface area contributed by atoms with E-state index in [0.717, 1.165) is 32.4 Å². The van der Waals surface area contributed by atoms with Gasteiger partial charge in [0.05, 0.1) is 12.0 Å². The van der Waals surface area contributed by atoms with Crippen molar-refractivity contribution in [3.63, 3.8) is 0 Å². The number of benzene rings is 1. The number of hydrogen-bond donors (Lipinski definition) is 2. The number of nitro groups is 1. The summed E-state index contributed by atoms with van der Waals surface area (Å²) in [6.45, 7) is 1.83. The average molecular weight is 293 g/mol. The Morgan fingerprint density at radius 2 is 2.24 bits per heavy atom. The summed E-state index contributed by atoms with van der Waals surface area (Å²) in [6.07, 6.45) is 2.79. The summed E-state index contributed by atoms with van der Waals surface area (Å²) in [5.74, 6) is -0.136. The summed E-state index contributed by atoms with van der Waals surface area (Å²) < 4.78 is 4.93. The van der Waals surface area contributed by atoms with Crippen LogP contribution >= 0.6 is 0 Å². The van der Waals surface area contributed by atoms with Crippen LogP contribution in [0.2, 0.25) is 0 Å². The van der Waals surface area contributed by atoms with Crippen LogP contribution in [0.3, 0.4) is 0 Å². The van der Waals surface area contributed by atoms with Gasteiger partial charge in [-0.3, -0.25) is 14.9 Å². The first-order chi connectivity index (χ1) is 10.1. The molecule has 0 saturated carbocycles. The van der Waals surface area contributed by atoms with Crippen molar-refractivity contribution >= 4 is 11.6 Å². The summed E-state index contributed by atoms with van der Waals surface area (Å²) in [5.41, 5.74) is 0.0763. The van der Waals surface area contributed by atoms with Gasteiger partial charge < -0.3 is 15.4 Å². The van der Waals surface area contributed by atoms with Crippen molar-refractivity contribution in [1.82, 2.24) is 10.6 Å². The van der Waals surface area contributed by atoms with Gasteiger partial charge in [0.2, 0.25) is 0 Å². The number of hydrogen-bond acceptors (Lipinski definition) is 5. The van der Waals surface area contributed by atoms with E-state index in [4.69, 9.17) is 4.74 Å². The van der Waals surface area contributed by atoms with Crippen molar-refractivity contribution in [2.45, 2.75) is 25.3 Å². The maximum absolute atomic E-state index is 12.2. The minimum Gasteiger partial charge on any atom is -0.490 e. The lowest BCUT2D eigenvalue weighted by Gasteiger charge is -2.16. The van der Waals surface area contributed by atoms with E-state index >= 15 is 0 Å². The third-order valence-corrected chi connectivity index (χ3v) is 3.55. The fourth-order valence-corrected chi connectivity index (χ4v) is 2.41. The zero-order valence-electron chi connectivity index (χ0n) is 11.9. The van der Waals surface area contributed by atoms with E-state index in [0.29, 0.717) is 0 Å². The van der Waals surface area contributed by atoms with Gasteiger partial charge in [0, 0.05) is 17.7 Å². The monoisotopic (exact) mass is 293 g/mol. The molecule has 114 valence electrons. The molecule has 21 heavy (non-hydrogen) atoms. The van der Waals surface area contributed by atoms with Gasteiger partial charge in [0.25, 0.3) is 5.91 Å². The molecule has 2 N–H and O–H groups in total. The summed E-state index contributed by atoms with van der Waals surface area (Å²) >= 11 is 0. The van der Waals surface area contributed by atoms with E-state index in [-0.39, 0.29) is 28.9 Å². The number of carbonyl (C=O) groups is 1. The fraction of sp³-hybridized carbons (Fsp3) is 0.500.